The predicted octanol–water partition coefficient (Wildman–Crippen LogP) is 7.32. The molecule has 3 aromatic heterocycles. The zero-order chi connectivity index (χ0) is 56.4. The highest BCUT2D eigenvalue weighted by Crippen LogP contribution is 2.38. The number of carbonyl (C=O) groups excluding carboxylic acids is 4. The summed E-state index contributed by atoms with van der Waals surface area (Å²) in [6, 6.07) is 20.2. The van der Waals surface area contributed by atoms with Gasteiger partial charge in [-0.15, -0.1) is 22.7 Å². The van der Waals surface area contributed by atoms with Gasteiger partial charge in [-0.1, -0.05) is 81.1 Å². The molecule has 2 fully saturated rings. The first kappa shape index (κ1) is 58.1. The van der Waals surface area contributed by atoms with Crippen LogP contribution < -0.4 is 21.1 Å². The lowest BCUT2D eigenvalue weighted by molar-refractivity contribution is -0.144. The standard InChI is InChI=1S/C58H67N9O9S3/c1-36-52(78-35-62-36)41-23-19-40(20-24-41)32-61-54(71)48-31-43(68)33-66(48)55(72)53(58(2,3)4)64-50(70)16-9-8-15-49(69)60-27-10-6-5-7-12-37-13-11-14-42(28-37)51-45(29-38-21-25-44(26-22-38)79(59,75)76)47(30-39-17-18-39)67(65-51)57-63-46(34-77-57)56(73)74/h11,13-14,19-26,28,34-35,39,43,48,53,68H,5-6,8-10,15-18,27,29-33H2,1-4H3,(H,60,69)(H,61,71)(H,64,70)(H,73,74)(H2,59,75,76)/t43-,48+,53-/m1/s1. The average molecular weight is 1130 g/mol. The summed E-state index contributed by atoms with van der Waals surface area (Å²) in [5, 5.41) is 41.4. The molecule has 8 rings (SSSR count). The van der Waals surface area contributed by atoms with E-state index in [-0.39, 0.29) is 60.7 Å². The summed E-state index contributed by atoms with van der Waals surface area (Å²) in [5.74, 6) is 4.57. The number of primary sulfonamides is 1. The molecular weight excluding hydrogens is 1060 g/mol. The van der Waals surface area contributed by atoms with E-state index in [2.05, 4.69) is 37.8 Å². The topological polar surface area (TPSA) is 269 Å². The van der Waals surface area contributed by atoms with Crippen LogP contribution in [0, 0.1) is 30.1 Å². The quantitative estimate of drug-likeness (QED) is 0.0272. The molecule has 1 saturated carbocycles. The molecule has 21 heteroatoms. The summed E-state index contributed by atoms with van der Waals surface area (Å²) in [5.41, 5.74) is 8.89. The first-order valence-corrected chi connectivity index (χ1v) is 29.8. The second-order valence-corrected chi connectivity index (χ2v) is 24.6. The molecule has 0 radical (unpaired) electrons. The lowest BCUT2D eigenvalue weighted by Crippen LogP contribution is -2.57. The number of thiazole rings is 2. The molecular formula is C58H67N9O9S3. The number of sulfonamides is 1. The first-order valence-electron chi connectivity index (χ1n) is 26.5. The molecule has 6 aromatic rings. The molecule has 7 N–H and O–H groups in total. The van der Waals surface area contributed by atoms with Crippen LogP contribution in [0.25, 0.3) is 26.8 Å². The Balaban J connectivity index is 0.785. The number of aromatic carboxylic acids is 1. The Bertz CT molecular complexity index is 3350. The van der Waals surface area contributed by atoms with Crippen LogP contribution in [-0.4, -0.2) is 104 Å². The van der Waals surface area contributed by atoms with Gasteiger partial charge in [0.15, 0.2) is 5.69 Å². The van der Waals surface area contributed by atoms with Crippen molar-refractivity contribution < 1.29 is 42.6 Å². The van der Waals surface area contributed by atoms with E-state index in [0.29, 0.717) is 61.8 Å². The largest absolute Gasteiger partial charge is 0.476 e. The number of nitrogens with zero attached hydrogens (tertiary/aromatic N) is 5. The van der Waals surface area contributed by atoms with Crippen molar-refractivity contribution in [3.8, 4) is 38.7 Å². The molecule has 416 valence electrons. The number of unbranched alkanes of at least 4 members (excludes halogenated alkanes) is 3. The Hall–Kier alpha value is -7.09. The molecule has 4 heterocycles. The van der Waals surface area contributed by atoms with Gasteiger partial charge in [0.2, 0.25) is 38.8 Å². The number of aromatic nitrogens is 4. The number of carboxylic acids is 1. The third kappa shape index (κ3) is 15.6. The number of hydrogen-bond acceptors (Lipinski definition) is 13. The number of aliphatic hydroxyl groups excluding tert-OH is 1. The van der Waals surface area contributed by atoms with Gasteiger partial charge in [0.25, 0.3) is 0 Å². The van der Waals surface area contributed by atoms with Crippen molar-refractivity contribution in [2.45, 2.75) is 134 Å². The fourth-order valence-corrected chi connectivity index (χ4v) is 11.6. The van der Waals surface area contributed by atoms with Crippen LogP contribution in [0.15, 0.2) is 88.6 Å². The lowest BCUT2D eigenvalue weighted by atomic mass is 9.85. The summed E-state index contributed by atoms with van der Waals surface area (Å²) in [4.78, 5) is 76.5. The number of carbonyl (C=O) groups is 5. The molecule has 18 nitrogen and oxygen atoms in total. The highest BCUT2D eigenvalue weighted by Gasteiger charge is 2.44. The Morgan fingerprint density at radius 3 is 2.28 bits per heavy atom. The highest BCUT2D eigenvalue weighted by molar-refractivity contribution is 7.89. The van der Waals surface area contributed by atoms with Gasteiger partial charge in [-0.25, -0.2) is 33.0 Å². The van der Waals surface area contributed by atoms with Gasteiger partial charge in [0, 0.05) is 73.8 Å². The molecule has 1 saturated heterocycles. The van der Waals surface area contributed by atoms with Crippen LogP contribution in [0.2, 0.25) is 0 Å². The summed E-state index contributed by atoms with van der Waals surface area (Å²) in [6.07, 6.45) is 5.80. The van der Waals surface area contributed by atoms with E-state index in [1.54, 1.807) is 33.7 Å². The zero-order valence-electron chi connectivity index (χ0n) is 44.8. The molecule has 0 spiro atoms. The smallest absolute Gasteiger partial charge is 0.355 e. The van der Waals surface area contributed by atoms with E-state index in [9.17, 15) is 42.6 Å². The van der Waals surface area contributed by atoms with Gasteiger partial charge in [0.1, 0.15) is 12.1 Å². The number of amides is 4. The number of aryl methyl sites for hydroxylation is 1. The van der Waals surface area contributed by atoms with E-state index in [4.69, 9.17) is 10.2 Å². The lowest BCUT2D eigenvalue weighted by Gasteiger charge is -2.35. The first-order chi connectivity index (χ1) is 37.7. The van der Waals surface area contributed by atoms with Crippen LogP contribution >= 0.6 is 22.7 Å². The number of carboxylic acid groups (broad SMARTS) is 1. The van der Waals surface area contributed by atoms with E-state index in [0.717, 1.165) is 68.9 Å². The normalized spacial score (nSPS) is 15.7. The molecule has 0 bridgehead atoms. The Kier molecular flexibility index (Phi) is 19.0. The van der Waals surface area contributed by atoms with Crippen molar-refractivity contribution in [1.82, 2.24) is 40.6 Å². The number of rotatable bonds is 23. The molecule has 2 aliphatic rings. The van der Waals surface area contributed by atoms with Crippen molar-refractivity contribution in [2.24, 2.45) is 16.5 Å². The van der Waals surface area contributed by atoms with Crippen LogP contribution in [0.3, 0.4) is 0 Å². The number of nitrogens with one attached hydrogen (secondary N) is 3. The van der Waals surface area contributed by atoms with Crippen LogP contribution in [0.1, 0.15) is 129 Å². The maximum Gasteiger partial charge on any atom is 0.355 e. The summed E-state index contributed by atoms with van der Waals surface area (Å²) >= 11 is 2.77. The monoisotopic (exact) mass is 1130 g/mol. The second-order valence-electron chi connectivity index (χ2n) is 21.4. The minimum absolute atomic E-state index is 0.0132. The van der Waals surface area contributed by atoms with Gasteiger partial charge in [-0.2, -0.15) is 5.10 Å². The van der Waals surface area contributed by atoms with E-state index in [1.165, 1.54) is 33.7 Å². The molecule has 3 atom stereocenters. The molecule has 79 heavy (non-hydrogen) atoms. The van der Waals surface area contributed by atoms with E-state index >= 15 is 0 Å². The maximum absolute atomic E-state index is 14.1. The molecule has 3 aromatic carbocycles. The molecule has 1 aliphatic heterocycles. The van der Waals surface area contributed by atoms with Gasteiger partial charge in [-0.3, -0.25) is 19.2 Å². The van der Waals surface area contributed by atoms with Crippen molar-refractivity contribution in [3.05, 3.63) is 123 Å². The van der Waals surface area contributed by atoms with Gasteiger partial charge in [-0.05, 0) is 104 Å². The summed E-state index contributed by atoms with van der Waals surface area (Å²) < 4.78 is 25.7. The van der Waals surface area contributed by atoms with E-state index in [1.807, 2.05) is 76.2 Å². The molecule has 4 amide bonds. The third-order valence-corrected chi connectivity index (χ3v) is 16.7. The average Bonchev–Trinajstić information content (AvgIpc) is 3.73. The van der Waals surface area contributed by atoms with Crippen LogP contribution in [0.4, 0.5) is 0 Å². The SMILES string of the molecule is Cc1ncsc1-c1ccc(CNC(=O)[C@@H]2C[C@@H](O)CN2C(=O)[C@@H](NC(=O)CCCCC(=O)NCCCCC#Cc2cccc(-c3nn(-c4nc(C(=O)O)cs4)c(CC4CC4)c3Cc3ccc(S(N)(=O)=O)cc3)c2)C(C)(C)C)cc1. The number of likely N-dealkylation sites (tertiary alicyclic amines) is 1. The van der Waals surface area contributed by atoms with Gasteiger partial charge >= 0.3 is 5.97 Å². The second kappa shape index (κ2) is 25.8. The van der Waals surface area contributed by atoms with Gasteiger partial charge in [0.05, 0.1) is 38.5 Å². The van der Waals surface area contributed by atoms with Crippen molar-refractivity contribution in [2.75, 3.05) is 13.1 Å². The number of benzene rings is 3. The van der Waals surface area contributed by atoms with Crippen LogP contribution in [0.5, 0.6) is 0 Å². The minimum atomic E-state index is -3.88. The zero-order valence-corrected chi connectivity index (χ0v) is 47.2. The van der Waals surface area contributed by atoms with Crippen molar-refractivity contribution in [1.29, 1.82) is 0 Å². The Morgan fingerprint density at radius 2 is 1.62 bits per heavy atom. The number of hydrogen-bond donors (Lipinski definition) is 6. The van der Waals surface area contributed by atoms with Crippen LogP contribution in [-0.2, 0) is 48.6 Å². The van der Waals surface area contributed by atoms with Gasteiger partial charge < -0.3 is 31.1 Å². The fourth-order valence-electron chi connectivity index (χ4n) is 9.48. The Labute approximate surface area is 468 Å². The minimum Gasteiger partial charge on any atom is -0.476 e. The summed E-state index contributed by atoms with van der Waals surface area (Å²) in [7, 11) is -3.88. The number of nitrogens with two attached hydrogens (primary N) is 1. The number of aliphatic hydroxyl groups is 1. The maximum atomic E-state index is 14.1. The highest BCUT2D eigenvalue weighted by atomic mass is 32.2. The fraction of sp³-hybridized carbons (Fsp3) is 0.414. The van der Waals surface area contributed by atoms with E-state index < -0.39 is 45.5 Å². The van der Waals surface area contributed by atoms with Crippen molar-refractivity contribution in [3.63, 3.8) is 0 Å². The third-order valence-electron chi connectivity index (χ3n) is 14.0. The molecule has 1 aliphatic carbocycles. The molecule has 0 unspecified atom stereocenters. The summed E-state index contributed by atoms with van der Waals surface area (Å²) in [6.45, 7) is 8.17. The predicted molar refractivity (Wildman–Crippen MR) is 303 cm³/mol. The Morgan fingerprint density at radius 1 is 0.899 bits per heavy atom. The number of β-amino-alcohol motifs (C(OH)–C–C–N with tert-alkyl or cyclic N) is 1. The van der Waals surface area contributed by atoms with Crippen molar-refractivity contribution >= 4 is 62.3 Å².